The van der Waals surface area contributed by atoms with Crippen LogP contribution in [-0.4, -0.2) is 21.6 Å². The van der Waals surface area contributed by atoms with Gasteiger partial charge in [-0.25, -0.2) is 0 Å². The minimum absolute atomic E-state index is 0.321. The predicted molar refractivity (Wildman–Crippen MR) is 79.2 cm³/mol. The topological polar surface area (TPSA) is 47.3 Å². The molecule has 2 rings (SSSR count). The first-order valence-corrected chi connectivity index (χ1v) is 8.29. The molecule has 0 aromatic heterocycles. The van der Waals surface area contributed by atoms with Crippen molar-refractivity contribution in [3.63, 3.8) is 0 Å². The lowest BCUT2D eigenvalue weighted by Gasteiger charge is -2.41. The van der Waals surface area contributed by atoms with E-state index in [1.165, 1.54) is 5.69 Å². The third-order valence-corrected chi connectivity index (χ3v) is 6.06. The van der Waals surface area contributed by atoms with E-state index < -0.39 is 21.0 Å². The van der Waals surface area contributed by atoms with E-state index in [-0.39, 0.29) is 0 Å². The number of nitrogens with zero attached hydrogens (tertiary/aromatic N) is 1. The number of phenols is 1. The third-order valence-electron chi connectivity index (χ3n) is 3.52. The van der Waals surface area contributed by atoms with Crippen molar-refractivity contribution in [3.05, 3.63) is 24.3 Å². The molecule has 94 valence electrons. The van der Waals surface area contributed by atoms with Crippen molar-refractivity contribution in [3.8, 4) is 5.75 Å². The molecule has 3 atom stereocenters. The summed E-state index contributed by atoms with van der Waals surface area (Å²) in [5.41, 5.74) is 1.18. The van der Waals surface area contributed by atoms with Crippen molar-refractivity contribution in [1.82, 2.24) is 0 Å². The molecule has 1 aliphatic rings. The van der Waals surface area contributed by atoms with Gasteiger partial charge in [-0.1, -0.05) is 6.92 Å². The number of benzene rings is 1. The molecule has 2 N–H and O–H groups in total. The van der Waals surface area contributed by atoms with Crippen LogP contribution in [0.25, 0.3) is 0 Å². The number of alkyl halides is 1. The Kier molecular flexibility index (Phi) is 4.01. The number of nitrogens with one attached hydrogen (secondary N) is 1. The number of rotatable bonds is 2. The quantitative estimate of drug-likeness (QED) is 0.633. The molecule has 4 heteroatoms. The van der Waals surface area contributed by atoms with Crippen LogP contribution >= 0.6 is 21.0 Å². The second kappa shape index (κ2) is 5.33. The molecule has 1 saturated heterocycles. The van der Waals surface area contributed by atoms with Gasteiger partial charge in [0.05, 0.1) is 0 Å². The zero-order valence-corrected chi connectivity index (χ0v) is 12.4. The van der Waals surface area contributed by atoms with Crippen LogP contribution in [0.4, 0.5) is 5.69 Å². The molecule has 1 aromatic rings. The Morgan fingerprint density at radius 2 is 1.94 bits per heavy atom. The number of hydrogen-bond donors (Lipinski definition) is 2. The van der Waals surface area contributed by atoms with Crippen LogP contribution in [-0.2, 0) is 0 Å². The summed E-state index contributed by atoms with van der Waals surface area (Å²) in [6, 6.07) is 7.96. The van der Waals surface area contributed by atoms with Crippen molar-refractivity contribution >= 4 is 26.7 Å². The van der Waals surface area contributed by atoms with Crippen molar-refractivity contribution in [1.29, 1.82) is 3.56 Å². The van der Waals surface area contributed by atoms with Crippen molar-refractivity contribution in [2.45, 2.75) is 30.2 Å². The molecule has 0 radical (unpaired) electrons. The summed E-state index contributed by atoms with van der Waals surface area (Å²) < 4.78 is 8.31. The van der Waals surface area contributed by atoms with Crippen LogP contribution in [0.2, 0.25) is 0 Å². The summed E-state index contributed by atoms with van der Waals surface area (Å²) in [6.07, 6.45) is 1.14. The minimum Gasteiger partial charge on any atom is -0.508 e. The maximum atomic E-state index is 9.31. The van der Waals surface area contributed by atoms with Crippen LogP contribution in [0.1, 0.15) is 20.3 Å². The summed E-state index contributed by atoms with van der Waals surface area (Å²) >= 11 is -0.393. The van der Waals surface area contributed by atoms with Gasteiger partial charge >= 0.3 is 0 Å². The number of aromatic hydroxyl groups is 1. The van der Waals surface area contributed by atoms with Crippen LogP contribution in [0, 0.1) is 9.48 Å². The molecule has 1 fully saturated rings. The van der Waals surface area contributed by atoms with Crippen LogP contribution < -0.4 is 4.90 Å². The lowest BCUT2D eigenvalue weighted by molar-refractivity contribution is 0.413. The van der Waals surface area contributed by atoms with E-state index in [4.69, 9.17) is 3.56 Å². The smallest absolute Gasteiger partial charge is 0.115 e. The Balaban J connectivity index is 2.16. The van der Waals surface area contributed by atoms with Crippen molar-refractivity contribution < 1.29 is 5.11 Å². The van der Waals surface area contributed by atoms with Crippen LogP contribution in [0.15, 0.2) is 24.3 Å². The SMILES string of the molecule is C[C@@H]1CN(c2ccc(O)cc2)[C@@H](C)CC1I=N. The minimum atomic E-state index is -0.393. The first kappa shape index (κ1) is 12.8. The fraction of sp³-hybridized carbons (Fsp3) is 0.538. The summed E-state index contributed by atoms with van der Waals surface area (Å²) in [7, 11) is 0. The van der Waals surface area contributed by atoms with Gasteiger partial charge in [0.2, 0.25) is 0 Å². The van der Waals surface area contributed by atoms with Gasteiger partial charge in [-0.05, 0) is 64.6 Å². The summed E-state index contributed by atoms with van der Waals surface area (Å²) in [5.74, 6) is 0.937. The highest BCUT2D eigenvalue weighted by Crippen LogP contribution is 2.34. The molecule has 0 saturated carbocycles. The molecule has 1 unspecified atom stereocenters. The average Bonchev–Trinajstić information content (AvgIpc) is 2.33. The van der Waals surface area contributed by atoms with E-state index in [0.717, 1.165) is 13.0 Å². The lowest BCUT2D eigenvalue weighted by atomic mass is 9.94. The van der Waals surface area contributed by atoms with E-state index in [2.05, 4.69) is 18.7 Å². The second-order valence-corrected chi connectivity index (χ2v) is 7.08. The Labute approximate surface area is 113 Å². The van der Waals surface area contributed by atoms with Crippen molar-refractivity contribution in [2.24, 2.45) is 5.92 Å². The maximum absolute atomic E-state index is 9.31. The normalized spacial score (nSPS) is 29.3. The number of halogens is 1. The lowest BCUT2D eigenvalue weighted by Crippen LogP contribution is -2.45. The molecule has 3 nitrogen and oxygen atoms in total. The molecule has 1 aliphatic heterocycles. The van der Waals surface area contributed by atoms with E-state index in [1.807, 2.05) is 12.1 Å². The average molecular weight is 346 g/mol. The monoisotopic (exact) mass is 346 g/mol. The first-order valence-electron chi connectivity index (χ1n) is 5.96. The zero-order valence-electron chi connectivity index (χ0n) is 10.2. The number of piperidine rings is 1. The highest BCUT2D eigenvalue weighted by Gasteiger charge is 2.30. The number of anilines is 1. The molecule has 0 aliphatic carbocycles. The van der Waals surface area contributed by atoms with E-state index in [9.17, 15) is 5.11 Å². The van der Waals surface area contributed by atoms with Gasteiger partial charge in [0.15, 0.2) is 0 Å². The Bertz CT molecular complexity index is 393. The maximum Gasteiger partial charge on any atom is 0.115 e. The third kappa shape index (κ3) is 2.78. The molecular formula is C13H19IN2O. The largest absolute Gasteiger partial charge is 0.508 e. The summed E-state index contributed by atoms with van der Waals surface area (Å²) in [6.45, 7) is 5.54. The van der Waals surface area contributed by atoms with E-state index >= 15 is 0 Å². The van der Waals surface area contributed by atoms with Crippen molar-refractivity contribution in [2.75, 3.05) is 11.4 Å². The highest BCUT2D eigenvalue weighted by molar-refractivity contribution is 14.1. The van der Waals surface area contributed by atoms with E-state index in [1.54, 1.807) is 12.1 Å². The van der Waals surface area contributed by atoms with Gasteiger partial charge in [-0.2, -0.15) is 0 Å². The standard InChI is InChI=1S/C13H19IN2O/c1-9-8-16(10(2)7-13(9)14-15)11-3-5-12(17)6-4-11/h3-6,9-10,13,15,17H,7-8H2,1-2H3/t9-,10+,13?/m1/s1. The number of hydrogen-bond acceptors (Lipinski definition) is 3. The Hall–Kier alpha value is -0.650. The molecule has 17 heavy (non-hydrogen) atoms. The Morgan fingerprint density at radius 3 is 2.53 bits per heavy atom. The molecule has 0 amide bonds. The molecule has 1 heterocycles. The first-order chi connectivity index (χ1) is 8.11. The molecule has 1 aromatic carbocycles. The number of phenolic OH excluding ortho intramolecular Hbond substituents is 1. The van der Waals surface area contributed by atoms with E-state index in [0.29, 0.717) is 21.6 Å². The van der Waals surface area contributed by atoms with Gasteiger partial charge in [0.1, 0.15) is 5.75 Å². The van der Waals surface area contributed by atoms with Gasteiger partial charge in [0.25, 0.3) is 0 Å². The summed E-state index contributed by atoms with van der Waals surface area (Å²) in [4.78, 5) is 2.40. The predicted octanol–water partition coefficient (Wildman–Crippen LogP) is 3.73. The van der Waals surface area contributed by atoms with Crippen LogP contribution in [0.3, 0.4) is 0 Å². The second-order valence-electron chi connectivity index (χ2n) is 4.86. The fourth-order valence-corrected chi connectivity index (χ4v) is 4.28. The molecule has 0 bridgehead atoms. The van der Waals surface area contributed by atoms with Gasteiger partial charge in [-0.3, -0.25) is 3.56 Å². The van der Waals surface area contributed by atoms with Gasteiger partial charge in [-0.15, -0.1) is 0 Å². The fourth-order valence-electron chi connectivity index (χ4n) is 2.45. The van der Waals surface area contributed by atoms with Crippen LogP contribution in [0.5, 0.6) is 5.75 Å². The molecular weight excluding hydrogens is 327 g/mol. The Morgan fingerprint density at radius 1 is 1.29 bits per heavy atom. The molecule has 0 spiro atoms. The van der Waals surface area contributed by atoms with Gasteiger partial charge in [0, 0.05) is 22.2 Å². The van der Waals surface area contributed by atoms with Gasteiger partial charge < -0.3 is 10.0 Å². The zero-order chi connectivity index (χ0) is 12.4. The summed E-state index contributed by atoms with van der Waals surface area (Å²) in [5, 5.41) is 9.31. The highest BCUT2D eigenvalue weighted by atomic mass is 127.